The van der Waals surface area contributed by atoms with Crippen LogP contribution in [0, 0.1) is 6.92 Å². The van der Waals surface area contributed by atoms with Crippen molar-refractivity contribution >= 4 is 27.5 Å². The molecule has 0 unspecified atom stereocenters. The maximum absolute atomic E-state index is 12.7. The minimum atomic E-state index is -4.49. The highest BCUT2D eigenvalue weighted by atomic mass is 79.9. The highest BCUT2D eigenvalue weighted by molar-refractivity contribution is 9.10. The molecule has 1 N–H and O–H groups in total. The van der Waals surface area contributed by atoms with Crippen LogP contribution < -0.4 is 5.32 Å². The molecule has 2 aromatic rings. The van der Waals surface area contributed by atoms with Gasteiger partial charge in [-0.25, -0.2) is 0 Å². The first kappa shape index (κ1) is 14.6. The topological polar surface area (TPSA) is 42.2 Å². The molecule has 20 heavy (non-hydrogen) atoms. The van der Waals surface area contributed by atoms with Gasteiger partial charge in [-0.3, -0.25) is 4.79 Å². The molecule has 0 atom stereocenters. The lowest BCUT2D eigenvalue weighted by molar-refractivity contribution is -0.138. The van der Waals surface area contributed by atoms with Crippen LogP contribution in [0.5, 0.6) is 0 Å². The largest absolute Gasteiger partial charge is 0.469 e. The molecule has 0 aliphatic carbocycles. The van der Waals surface area contributed by atoms with Gasteiger partial charge < -0.3 is 9.73 Å². The Hall–Kier alpha value is -1.76. The van der Waals surface area contributed by atoms with E-state index in [9.17, 15) is 18.0 Å². The predicted octanol–water partition coefficient (Wildman–Crippen LogP) is 4.62. The zero-order chi connectivity index (χ0) is 14.9. The van der Waals surface area contributed by atoms with E-state index < -0.39 is 17.6 Å². The number of rotatable bonds is 2. The van der Waals surface area contributed by atoms with Crippen LogP contribution in [-0.4, -0.2) is 5.91 Å². The third-order valence-electron chi connectivity index (χ3n) is 2.63. The fourth-order valence-corrected chi connectivity index (χ4v) is 2.11. The zero-order valence-corrected chi connectivity index (χ0v) is 11.8. The lowest BCUT2D eigenvalue weighted by Gasteiger charge is -2.11. The fourth-order valence-electron chi connectivity index (χ4n) is 1.64. The van der Waals surface area contributed by atoms with Gasteiger partial charge in [0.05, 0.1) is 17.4 Å². The number of nitrogens with one attached hydrogen (secondary N) is 1. The molecule has 106 valence electrons. The number of hydrogen-bond donors (Lipinski definition) is 1. The fraction of sp³-hybridized carbons (Fsp3) is 0.154. The molecule has 1 amide bonds. The summed E-state index contributed by atoms with van der Waals surface area (Å²) in [7, 11) is 0. The normalized spacial score (nSPS) is 11.4. The van der Waals surface area contributed by atoms with Crippen molar-refractivity contribution in [2.45, 2.75) is 13.1 Å². The van der Waals surface area contributed by atoms with Crippen molar-refractivity contribution in [1.29, 1.82) is 0 Å². The third-order valence-corrected chi connectivity index (χ3v) is 3.32. The van der Waals surface area contributed by atoms with Gasteiger partial charge in [0.1, 0.15) is 5.76 Å². The van der Waals surface area contributed by atoms with Crippen molar-refractivity contribution in [1.82, 2.24) is 0 Å². The first-order valence-electron chi connectivity index (χ1n) is 5.51. The van der Waals surface area contributed by atoms with E-state index >= 15 is 0 Å². The number of aryl methyl sites for hydroxylation is 1. The molecule has 0 radical (unpaired) electrons. The van der Waals surface area contributed by atoms with E-state index in [4.69, 9.17) is 4.42 Å². The van der Waals surface area contributed by atoms with E-state index in [1.807, 2.05) is 0 Å². The Morgan fingerprint density at radius 2 is 2.00 bits per heavy atom. The number of benzene rings is 1. The molecule has 0 saturated heterocycles. The lowest BCUT2D eigenvalue weighted by atomic mass is 10.2. The summed E-state index contributed by atoms with van der Waals surface area (Å²) in [5.41, 5.74) is -0.508. The number of anilines is 1. The van der Waals surface area contributed by atoms with Gasteiger partial charge >= 0.3 is 6.18 Å². The molecule has 0 fully saturated rings. The summed E-state index contributed by atoms with van der Waals surface area (Å²) < 4.78 is 43.1. The zero-order valence-electron chi connectivity index (χ0n) is 10.2. The number of carbonyl (C=O) groups is 1. The molecular formula is C13H9BrF3NO2. The molecule has 0 bridgehead atoms. The van der Waals surface area contributed by atoms with Crippen molar-refractivity contribution in [2.75, 3.05) is 5.32 Å². The summed E-state index contributed by atoms with van der Waals surface area (Å²) in [6.45, 7) is 1.59. The van der Waals surface area contributed by atoms with E-state index in [1.54, 1.807) is 6.92 Å². The number of hydrogen-bond acceptors (Lipinski definition) is 2. The summed E-state index contributed by atoms with van der Waals surface area (Å²) in [5.74, 6) is -0.123. The molecule has 7 heteroatoms. The number of furan rings is 1. The van der Waals surface area contributed by atoms with Crippen LogP contribution in [0.15, 0.2) is 39.4 Å². The highest BCUT2D eigenvalue weighted by Gasteiger charge is 2.33. The average molecular weight is 348 g/mol. The average Bonchev–Trinajstić information content (AvgIpc) is 2.76. The van der Waals surface area contributed by atoms with Gasteiger partial charge in [0.15, 0.2) is 0 Å². The van der Waals surface area contributed by atoms with Crippen molar-refractivity contribution < 1.29 is 22.4 Å². The number of alkyl halides is 3. The maximum atomic E-state index is 12.7. The monoisotopic (exact) mass is 347 g/mol. The minimum absolute atomic E-state index is 0.0612. The first-order valence-corrected chi connectivity index (χ1v) is 6.30. The molecule has 1 aromatic carbocycles. The van der Waals surface area contributed by atoms with Gasteiger partial charge in [0, 0.05) is 10.2 Å². The van der Waals surface area contributed by atoms with Crippen LogP contribution in [0.3, 0.4) is 0 Å². The Bertz CT molecular complexity index is 649. The smallest absolute Gasteiger partial charge is 0.417 e. The van der Waals surface area contributed by atoms with Crippen LogP contribution in [0.2, 0.25) is 0 Å². The second kappa shape index (κ2) is 5.32. The van der Waals surface area contributed by atoms with E-state index in [0.29, 0.717) is 5.76 Å². The number of halogens is 4. The molecule has 0 aliphatic heterocycles. The van der Waals surface area contributed by atoms with Crippen LogP contribution in [0.1, 0.15) is 21.7 Å². The second-order valence-corrected chi connectivity index (χ2v) is 4.89. The van der Waals surface area contributed by atoms with Crippen molar-refractivity contribution in [2.24, 2.45) is 0 Å². The van der Waals surface area contributed by atoms with Crippen molar-refractivity contribution in [3.8, 4) is 0 Å². The quantitative estimate of drug-likeness (QED) is 0.860. The molecule has 0 spiro atoms. The third kappa shape index (κ3) is 3.04. The molecule has 1 aromatic heterocycles. The maximum Gasteiger partial charge on any atom is 0.417 e. The lowest BCUT2D eigenvalue weighted by Crippen LogP contribution is -2.13. The Balaban J connectivity index is 2.27. The summed E-state index contributed by atoms with van der Waals surface area (Å²) in [4.78, 5) is 11.9. The molecule has 2 rings (SSSR count). The Labute approximate surface area is 120 Å². The Morgan fingerprint density at radius 3 is 2.55 bits per heavy atom. The number of amides is 1. The van der Waals surface area contributed by atoms with Crippen LogP contribution in [-0.2, 0) is 6.18 Å². The van der Waals surface area contributed by atoms with Crippen LogP contribution in [0.25, 0.3) is 0 Å². The molecule has 1 heterocycles. The summed E-state index contributed by atoms with van der Waals surface area (Å²) in [6.07, 6.45) is -3.15. The van der Waals surface area contributed by atoms with E-state index in [2.05, 4.69) is 21.2 Å². The standard InChI is InChI=1S/C13H9BrF3NO2/c1-7-9(4-5-20-7)12(19)18-8-2-3-11(14)10(6-8)13(15,16)17/h2-6H,1H3,(H,18,19). The van der Waals surface area contributed by atoms with Gasteiger partial charge in [-0.05, 0) is 31.2 Å². The van der Waals surface area contributed by atoms with Gasteiger partial charge in [-0.15, -0.1) is 0 Å². The van der Waals surface area contributed by atoms with Gasteiger partial charge in [0.25, 0.3) is 5.91 Å². The van der Waals surface area contributed by atoms with E-state index in [-0.39, 0.29) is 15.7 Å². The summed E-state index contributed by atoms with van der Waals surface area (Å²) >= 11 is 2.84. The van der Waals surface area contributed by atoms with Gasteiger partial charge in [-0.1, -0.05) is 15.9 Å². The Kier molecular flexibility index (Phi) is 3.89. The second-order valence-electron chi connectivity index (χ2n) is 4.04. The van der Waals surface area contributed by atoms with Crippen molar-refractivity contribution in [3.63, 3.8) is 0 Å². The minimum Gasteiger partial charge on any atom is -0.469 e. The molecule has 0 saturated carbocycles. The van der Waals surface area contributed by atoms with Crippen LogP contribution in [0.4, 0.5) is 18.9 Å². The molecular weight excluding hydrogens is 339 g/mol. The van der Waals surface area contributed by atoms with Crippen molar-refractivity contribution in [3.05, 3.63) is 51.9 Å². The van der Waals surface area contributed by atoms with Crippen LogP contribution >= 0.6 is 15.9 Å². The SMILES string of the molecule is Cc1occc1C(=O)Nc1ccc(Br)c(C(F)(F)F)c1. The first-order chi connectivity index (χ1) is 9.29. The van der Waals surface area contributed by atoms with E-state index in [1.165, 1.54) is 24.5 Å². The highest BCUT2D eigenvalue weighted by Crippen LogP contribution is 2.36. The summed E-state index contributed by atoms with van der Waals surface area (Å²) in [5, 5.41) is 2.41. The van der Waals surface area contributed by atoms with E-state index in [0.717, 1.165) is 6.07 Å². The molecule has 3 nitrogen and oxygen atoms in total. The summed E-state index contributed by atoms with van der Waals surface area (Å²) in [6, 6.07) is 4.94. The Morgan fingerprint density at radius 1 is 1.30 bits per heavy atom. The van der Waals surface area contributed by atoms with Gasteiger partial charge in [0.2, 0.25) is 0 Å². The molecule has 0 aliphatic rings. The predicted molar refractivity (Wildman–Crippen MR) is 70.5 cm³/mol. The van der Waals surface area contributed by atoms with Gasteiger partial charge in [-0.2, -0.15) is 13.2 Å². The number of carbonyl (C=O) groups excluding carboxylic acids is 1.